The number of phenols is 1. The molecule has 0 aliphatic carbocycles. The Balaban J connectivity index is 1.72. The highest BCUT2D eigenvalue weighted by molar-refractivity contribution is 5.41. The van der Waals surface area contributed by atoms with E-state index in [1.807, 2.05) is 12.1 Å². The average Bonchev–Trinajstić information content (AvgIpc) is 2.44. The van der Waals surface area contributed by atoms with Gasteiger partial charge in [-0.15, -0.1) is 0 Å². The molecular weight excluding hydrogens is 266 g/mol. The van der Waals surface area contributed by atoms with Crippen molar-refractivity contribution in [3.63, 3.8) is 0 Å². The summed E-state index contributed by atoms with van der Waals surface area (Å²) in [4.78, 5) is 0. The normalized spacial score (nSPS) is 21.2. The summed E-state index contributed by atoms with van der Waals surface area (Å²) in [7, 11) is 1.57. The number of rotatable bonds is 6. The van der Waals surface area contributed by atoms with E-state index >= 15 is 0 Å². The number of ether oxygens (including phenoxy) is 2. The Morgan fingerprint density at radius 3 is 2.95 bits per heavy atom. The minimum Gasteiger partial charge on any atom is -0.504 e. The quantitative estimate of drug-likeness (QED) is 0.791. The molecule has 2 rings (SSSR count). The molecule has 1 saturated heterocycles. The van der Waals surface area contributed by atoms with Gasteiger partial charge in [-0.1, -0.05) is 6.07 Å². The van der Waals surface area contributed by atoms with Crippen molar-refractivity contribution in [3.8, 4) is 11.5 Å². The van der Waals surface area contributed by atoms with E-state index in [1.165, 1.54) is 6.42 Å². The van der Waals surface area contributed by atoms with Gasteiger partial charge in [-0.05, 0) is 63.3 Å². The zero-order valence-corrected chi connectivity index (χ0v) is 13.3. The van der Waals surface area contributed by atoms with Gasteiger partial charge < -0.3 is 19.9 Å². The summed E-state index contributed by atoms with van der Waals surface area (Å²) in [5.74, 6) is 1.46. The first-order chi connectivity index (χ1) is 10.00. The van der Waals surface area contributed by atoms with Crippen LogP contribution in [0.25, 0.3) is 0 Å². The molecule has 0 unspecified atom stereocenters. The zero-order valence-electron chi connectivity index (χ0n) is 13.3. The first kappa shape index (κ1) is 16.1. The average molecular weight is 293 g/mol. The summed E-state index contributed by atoms with van der Waals surface area (Å²) < 4.78 is 10.9. The monoisotopic (exact) mass is 293 g/mol. The van der Waals surface area contributed by atoms with E-state index in [0.29, 0.717) is 5.75 Å². The summed E-state index contributed by atoms with van der Waals surface area (Å²) in [5.41, 5.74) is 1.16. The predicted octanol–water partition coefficient (Wildman–Crippen LogP) is 3.09. The minimum absolute atomic E-state index is 0.0350. The maximum Gasteiger partial charge on any atom is 0.160 e. The van der Waals surface area contributed by atoms with Gasteiger partial charge >= 0.3 is 0 Å². The number of methoxy groups -OCH3 is 1. The van der Waals surface area contributed by atoms with Crippen molar-refractivity contribution in [2.75, 3.05) is 20.3 Å². The smallest absolute Gasteiger partial charge is 0.160 e. The summed E-state index contributed by atoms with van der Waals surface area (Å²) in [6, 6.07) is 5.47. The van der Waals surface area contributed by atoms with Crippen LogP contribution in [0.4, 0.5) is 0 Å². The van der Waals surface area contributed by atoms with Crippen LogP contribution < -0.4 is 10.1 Å². The van der Waals surface area contributed by atoms with Crippen molar-refractivity contribution in [1.29, 1.82) is 0 Å². The topological polar surface area (TPSA) is 50.7 Å². The summed E-state index contributed by atoms with van der Waals surface area (Å²) in [6.07, 6.45) is 3.49. The second-order valence-electron chi connectivity index (χ2n) is 6.44. The summed E-state index contributed by atoms with van der Waals surface area (Å²) in [5, 5.41) is 13.0. The lowest BCUT2D eigenvalue weighted by atomic mass is 9.86. The van der Waals surface area contributed by atoms with Crippen LogP contribution >= 0.6 is 0 Å². The molecule has 0 aromatic heterocycles. The molecule has 4 heteroatoms. The van der Waals surface area contributed by atoms with E-state index in [2.05, 4.69) is 19.2 Å². The van der Waals surface area contributed by atoms with E-state index < -0.39 is 0 Å². The first-order valence-corrected chi connectivity index (χ1v) is 7.71. The highest BCUT2D eigenvalue weighted by atomic mass is 16.5. The van der Waals surface area contributed by atoms with Crippen LogP contribution in [0.2, 0.25) is 0 Å². The molecule has 2 N–H and O–H groups in total. The van der Waals surface area contributed by atoms with Crippen molar-refractivity contribution >= 4 is 0 Å². The minimum atomic E-state index is 0.0350. The highest BCUT2D eigenvalue weighted by Crippen LogP contribution is 2.30. The lowest BCUT2D eigenvalue weighted by molar-refractivity contribution is -0.0733. The molecule has 1 aliphatic heterocycles. The third-order valence-electron chi connectivity index (χ3n) is 4.10. The molecule has 0 amide bonds. The molecule has 21 heavy (non-hydrogen) atoms. The first-order valence-electron chi connectivity index (χ1n) is 7.71. The number of aromatic hydroxyl groups is 1. The molecule has 1 fully saturated rings. The Bertz CT molecular complexity index is 459. The van der Waals surface area contributed by atoms with E-state index in [4.69, 9.17) is 9.47 Å². The third kappa shape index (κ3) is 4.90. The lowest BCUT2D eigenvalue weighted by Crippen LogP contribution is -2.35. The molecule has 0 spiro atoms. The Labute approximate surface area is 127 Å². The molecule has 0 bridgehead atoms. The van der Waals surface area contributed by atoms with Crippen LogP contribution in [-0.4, -0.2) is 31.0 Å². The van der Waals surface area contributed by atoms with Crippen LogP contribution in [0.1, 0.15) is 38.7 Å². The van der Waals surface area contributed by atoms with Gasteiger partial charge in [0.1, 0.15) is 0 Å². The second kappa shape index (κ2) is 7.14. The Hall–Kier alpha value is -1.26. The Morgan fingerprint density at radius 2 is 2.24 bits per heavy atom. The Morgan fingerprint density at radius 1 is 1.43 bits per heavy atom. The van der Waals surface area contributed by atoms with E-state index in [0.717, 1.165) is 44.0 Å². The summed E-state index contributed by atoms with van der Waals surface area (Å²) in [6.45, 7) is 7.03. The van der Waals surface area contributed by atoms with Crippen molar-refractivity contribution in [1.82, 2.24) is 5.32 Å². The molecule has 0 saturated carbocycles. The van der Waals surface area contributed by atoms with Gasteiger partial charge in [0, 0.05) is 13.2 Å². The molecule has 4 nitrogen and oxygen atoms in total. The summed E-state index contributed by atoms with van der Waals surface area (Å²) >= 11 is 0. The number of phenolic OH excluding ortho intramolecular Hbond substituents is 1. The zero-order chi connectivity index (χ0) is 15.3. The lowest BCUT2D eigenvalue weighted by Gasteiger charge is -2.35. The number of hydrogen-bond donors (Lipinski definition) is 2. The van der Waals surface area contributed by atoms with Crippen LogP contribution in [0.3, 0.4) is 0 Å². The van der Waals surface area contributed by atoms with Gasteiger partial charge in [0.05, 0.1) is 12.7 Å². The molecule has 1 atom stereocenters. The van der Waals surface area contributed by atoms with Crippen LogP contribution in [0.15, 0.2) is 18.2 Å². The van der Waals surface area contributed by atoms with Crippen molar-refractivity contribution < 1.29 is 14.6 Å². The van der Waals surface area contributed by atoms with Gasteiger partial charge in [0.2, 0.25) is 0 Å². The Kier molecular flexibility index (Phi) is 5.48. The number of nitrogens with one attached hydrogen (secondary N) is 1. The largest absolute Gasteiger partial charge is 0.504 e. The molecule has 1 heterocycles. The maximum atomic E-state index is 9.57. The molecule has 1 aromatic rings. The van der Waals surface area contributed by atoms with Crippen molar-refractivity contribution in [2.24, 2.45) is 5.92 Å². The molecule has 118 valence electrons. The van der Waals surface area contributed by atoms with E-state index in [1.54, 1.807) is 13.2 Å². The van der Waals surface area contributed by atoms with Crippen molar-refractivity contribution in [3.05, 3.63) is 23.8 Å². The van der Waals surface area contributed by atoms with Gasteiger partial charge in [-0.3, -0.25) is 0 Å². The molecule has 1 aromatic carbocycles. The van der Waals surface area contributed by atoms with Crippen LogP contribution in [-0.2, 0) is 11.3 Å². The van der Waals surface area contributed by atoms with Crippen LogP contribution in [0, 0.1) is 5.92 Å². The standard InChI is InChI=1S/C17H27NO3/c1-17(2)11-13(7-9-21-17)6-8-18-12-14-4-5-15(19)16(10-14)20-3/h4-5,10,13,18-19H,6-9,11-12H2,1-3H3/t13-/m1/s1. The number of benzene rings is 1. The predicted molar refractivity (Wildman–Crippen MR) is 83.7 cm³/mol. The fourth-order valence-corrected chi connectivity index (χ4v) is 2.98. The molecular formula is C17H27NO3. The van der Waals surface area contributed by atoms with Gasteiger partial charge in [0.15, 0.2) is 11.5 Å². The van der Waals surface area contributed by atoms with E-state index in [9.17, 15) is 5.11 Å². The maximum absolute atomic E-state index is 9.57. The van der Waals surface area contributed by atoms with Gasteiger partial charge in [-0.2, -0.15) is 0 Å². The highest BCUT2D eigenvalue weighted by Gasteiger charge is 2.28. The van der Waals surface area contributed by atoms with Gasteiger partial charge in [-0.25, -0.2) is 0 Å². The fraction of sp³-hybridized carbons (Fsp3) is 0.647. The van der Waals surface area contributed by atoms with E-state index in [-0.39, 0.29) is 11.4 Å². The second-order valence-corrected chi connectivity index (χ2v) is 6.44. The SMILES string of the molecule is COc1cc(CNCC[C@@H]2CCOC(C)(C)C2)ccc1O. The van der Waals surface area contributed by atoms with Crippen LogP contribution in [0.5, 0.6) is 11.5 Å². The molecule has 0 radical (unpaired) electrons. The third-order valence-corrected chi connectivity index (χ3v) is 4.10. The molecule has 1 aliphatic rings. The number of hydrogen-bond acceptors (Lipinski definition) is 4. The van der Waals surface area contributed by atoms with Crippen molar-refractivity contribution in [2.45, 2.75) is 45.3 Å². The fourth-order valence-electron chi connectivity index (χ4n) is 2.98. The van der Waals surface area contributed by atoms with Gasteiger partial charge in [0.25, 0.3) is 0 Å².